The van der Waals surface area contributed by atoms with Crippen LogP contribution < -0.4 is 4.72 Å². The van der Waals surface area contributed by atoms with Crippen molar-refractivity contribution in [2.75, 3.05) is 4.72 Å². The minimum Gasteiger partial charge on any atom is -0.278 e. The first-order chi connectivity index (χ1) is 9.79. The quantitative estimate of drug-likeness (QED) is 0.527. The van der Waals surface area contributed by atoms with Crippen molar-refractivity contribution in [2.45, 2.75) is 4.90 Å². The number of nitro benzene ring substituents is 1. The van der Waals surface area contributed by atoms with Gasteiger partial charge < -0.3 is 0 Å². The molecule has 110 valence electrons. The predicted molar refractivity (Wildman–Crippen MR) is 73.1 cm³/mol. The fourth-order valence-electron chi connectivity index (χ4n) is 1.47. The van der Waals surface area contributed by atoms with Gasteiger partial charge in [-0.25, -0.2) is 13.4 Å². The summed E-state index contributed by atoms with van der Waals surface area (Å²) in [5, 5.41) is 10.3. The molecule has 0 bridgehead atoms. The van der Waals surface area contributed by atoms with Gasteiger partial charge in [0.05, 0.1) is 21.8 Å². The third-order valence-corrected chi connectivity index (χ3v) is 4.26. The van der Waals surface area contributed by atoms with Gasteiger partial charge in [-0.3, -0.25) is 14.8 Å². The number of pyridine rings is 1. The molecule has 1 heterocycles. The molecule has 0 spiro atoms. The van der Waals surface area contributed by atoms with Gasteiger partial charge in [-0.15, -0.1) is 0 Å². The number of non-ortho nitro benzene ring substituents is 1. The van der Waals surface area contributed by atoms with E-state index in [1.165, 1.54) is 6.07 Å². The Labute approximate surface area is 123 Å². The van der Waals surface area contributed by atoms with Crippen LogP contribution in [0.5, 0.6) is 0 Å². The number of sulfonamides is 1. The van der Waals surface area contributed by atoms with Crippen molar-refractivity contribution in [3.8, 4) is 0 Å². The summed E-state index contributed by atoms with van der Waals surface area (Å²) in [6.07, 6.45) is 0.992. The van der Waals surface area contributed by atoms with Gasteiger partial charge >= 0.3 is 0 Å². The Hall–Kier alpha value is -2.26. The molecule has 7 nitrogen and oxygen atoms in total. The first kappa shape index (κ1) is 15.1. The molecule has 0 fully saturated rings. The molecule has 0 saturated heterocycles. The minimum absolute atomic E-state index is 0.0332. The number of nitrogens with zero attached hydrogens (tertiary/aromatic N) is 2. The fourth-order valence-corrected chi connectivity index (χ4v) is 3.05. The lowest BCUT2D eigenvalue weighted by atomic mass is 10.3. The van der Waals surface area contributed by atoms with Crippen molar-refractivity contribution in [3.05, 3.63) is 57.6 Å². The SMILES string of the molecule is O=[N+]([O-])c1ccc(S(=O)(=O)Nc2ccc(F)nc2)c(Cl)c1. The zero-order valence-electron chi connectivity index (χ0n) is 10.2. The van der Waals surface area contributed by atoms with E-state index in [9.17, 15) is 22.9 Å². The minimum atomic E-state index is -4.07. The van der Waals surface area contributed by atoms with E-state index in [4.69, 9.17) is 11.6 Å². The Kier molecular flexibility index (Phi) is 4.05. The fraction of sp³-hybridized carbons (Fsp3) is 0. The molecule has 0 aliphatic rings. The summed E-state index contributed by atoms with van der Waals surface area (Å²) < 4.78 is 39.0. The summed E-state index contributed by atoms with van der Waals surface area (Å²) >= 11 is 5.75. The van der Waals surface area contributed by atoms with Gasteiger partial charge in [-0.1, -0.05) is 11.6 Å². The number of aromatic nitrogens is 1. The number of hydrogen-bond donors (Lipinski definition) is 1. The van der Waals surface area contributed by atoms with Crippen molar-refractivity contribution >= 4 is 33.0 Å². The maximum atomic E-state index is 12.7. The Morgan fingerprint density at radius 1 is 1.29 bits per heavy atom. The van der Waals surface area contributed by atoms with E-state index in [-0.39, 0.29) is 21.3 Å². The van der Waals surface area contributed by atoms with Gasteiger partial charge in [0.2, 0.25) is 5.95 Å². The maximum Gasteiger partial charge on any atom is 0.271 e. The first-order valence-corrected chi connectivity index (χ1v) is 7.24. The van der Waals surface area contributed by atoms with E-state index in [1.54, 1.807) is 0 Å². The van der Waals surface area contributed by atoms with Gasteiger partial charge in [0.25, 0.3) is 15.7 Å². The first-order valence-electron chi connectivity index (χ1n) is 5.38. The van der Waals surface area contributed by atoms with Gasteiger partial charge in [0.15, 0.2) is 0 Å². The third kappa shape index (κ3) is 3.44. The molecule has 2 aromatic rings. The van der Waals surface area contributed by atoms with Gasteiger partial charge in [0.1, 0.15) is 4.90 Å². The molecular weight excluding hydrogens is 325 g/mol. The molecule has 0 radical (unpaired) electrons. The van der Waals surface area contributed by atoms with Crippen LogP contribution in [0.25, 0.3) is 0 Å². The molecule has 10 heteroatoms. The molecule has 21 heavy (non-hydrogen) atoms. The molecule has 0 unspecified atom stereocenters. The van der Waals surface area contributed by atoms with Crippen molar-refractivity contribution in [3.63, 3.8) is 0 Å². The second-order valence-electron chi connectivity index (χ2n) is 3.85. The Morgan fingerprint density at radius 3 is 2.52 bits per heavy atom. The maximum absolute atomic E-state index is 12.7. The normalized spacial score (nSPS) is 11.1. The van der Waals surface area contributed by atoms with Crippen LogP contribution in [0.4, 0.5) is 15.8 Å². The topological polar surface area (TPSA) is 102 Å². The number of rotatable bonds is 4. The summed E-state index contributed by atoms with van der Waals surface area (Å²) in [4.78, 5) is 12.8. The predicted octanol–water partition coefficient (Wildman–Crippen LogP) is 2.58. The zero-order valence-corrected chi connectivity index (χ0v) is 11.7. The monoisotopic (exact) mass is 331 g/mol. The van der Waals surface area contributed by atoms with Gasteiger partial charge in [-0.05, 0) is 18.2 Å². The largest absolute Gasteiger partial charge is 0.278 e. The van der Waals surface area contributed by atoms with E-state index < -0.39 is 20.9 Å². The van der Waals surface area contributed by atoms with Crippen LogP contribution in [0.1, 0.15) is 0 Å². The highest BCUT2D eigenvalue weighted by molar-refractivity contribution is 7.92. The Balaban J connectivity index is 2.35. The lowest BCUT2D eigenvalue weighted by Crippen LogP contribution is -2.13. The molecule has 0 aliphatic heterocycles. The van der Waals surface area contributed by atoms with Crippen molar-refractivity contribution < 1.29 is 17.7 Å². The van der Waals surface area contributed by atoms with Crippen molar-refractivity contribution in [1.82, 2.24) is 4.98 Å². The molecule has 0 aliphatic carbocycles. The molecule has 1 aromatic carbocycles. The van der Waals surface area contributed by atoms with Crippen molar-refractivity contribution in [2.24, 2.45) is 0 Å². The molecule has 2 rings (SSSR count). The smallest absolute Gasteiger partial charge is 0.271 e. The van der Waals surface area contributed by atoms with Crippen LogP contribution in [0.3, 0.4) is 0 Å². The van der Waals surface area contributed by atoms with Gasteiger partial charge in [0, 0.05) is 12.1 Å². The highest BCUT2D eigenvalue weighted by Crippen LogP contribution is 2.27. The Bertz CT molecular complexity index is 796. The van der Waals surface area contributed by atoms with Gasteiger partial charge in [-0.2, -0.15) is 4.39 Å². The summed E-state index contributed by atoms with van der Waals surface area (Å²) in [5.41, 5.74) is -0.298. The summed E-state index contributed by atoms with van der Waals surface area (Å²) in [6, 6.07) is 5.12. The average molecular weight is 332 g/mol. The zero-order chi connectivity index (χ0) is 15.6. The van der Waals surface area contributed by atoms with Crippen LogP contribution in [0, 0.1) is 16.1 Å². The number of anilines is 1. The number of hydrogen-bond acceptors (Lipinski definition) is 5. The average Bonchev–Trinajstić information content (AvgIpc) is 2.40. The Morgan fingerprint density at radius 2 is 2.00 bits per heavy atom. The standard InChI is InChI=1S/C11H7ClFN3O4S/c12-9-5-8(16(17)18)2-3-10(9)21(19,20)15-7-1-4-11(13)14-6-7/h1-6,15H. The van der Waals surface area contributed by atoms with Crippen molar-refractivity contribution in [1.29, 1.82) is 0 Å². The van der Waals surface area contributed by atoms with E-state index in [1.807, 2.05) is 0 Å². The number of nitrogens with one attached hydrogen (secondary N) is 1. The molecule has 1 aromatic heterocycles. The van der Waals surface area contributed by atoms with Crippen LogP contribution >= 0.6 is 11.6 Å². The molecular formula is C11H7ClFN3O4S. The number of benzene rings is 1. The van der Waals surface area contributed by atoms with Crippen LogP contribution in [-0.4, -0.2) is 18.3 Å². The molecule has 0 atom stereocenters. The van der Waals surface area contributed by atoms with E-state index in [0.29, 0.717) is 0 Å². The summed E-state index contributed by atoms with van der Waals surface area (Å²) in [7, 11) is -4.07. The molecule has 1 N–H and O–H groups in total. The summed E-state index contributed by atoms with van der Waals surface area (Å²) in [6.45, 7) is 0. The van der Waals surface area contributed by atoms with Crippen LogP contribution in [0.15, 0.2) is 41.4 Å². The third-order valence-electron chi connectivity index (χ3n) is 2.40. The molecule has 0 amide bonds. The second-order valence-corrected chi connectivity index (χ2v) is 5.90. The lowest BCUT2D eigenvalue weighted by Gasteiger charge is -2.08. The highest BCUT2D eigenvalue weighted by Gasteiger charge is 2.20. The number of halogens is 2. The number of nitro groups is 1. The van der Waals surface area contributed by atoms with E-state index >= 15 is 0 Å². The van der Waals surface area contributed by atoms with Crippen LogP contribution in [0.2, 0.25) is 5.02 Å². The molecule has 0 saturated carbocycles. The van der Waals surface area contributed by atoms with Crippen LogP contribution in [-0.2, 0) is 10.0 Å². The summed E-state index contributed by atoms with van der Waals surface area (Å²) in [5.74, 6) is -0.758. The van der Waals surface area contributed by atoms with E-state index in [0.717, 1.165) is 30.5 Å². The lowest BCUT2D eigenvalue weighted by molar-refractivity contribution is -0.384. The van der Waals surface area contributed by atoms with E-state index in [2.05, 4.69) is 9.71 Å². The second kappa shape index (κ2) is 5.62. The highest BCUT2D eigenvalue weighted by atomic mass is 35.5.